The largest absolute Gasteiger partial charge is 0.394 e. The second-order valence-corrected chi connectivity index (χ2v) is 4.57. The minimum absolute atomic E-state index is 0.0739. The maximum atomic E-state index is 11.9. The smallest absolute Gasteiger partial charge is 0.313 e. The summed E-state index contributed by atoms with van der Waals surface area (Å²) in [7, 11) is 0. The molecule has 0 saturated carbocycles. The fourth-order valence-electron chi connectivity index (χ4n) is 2.00. The van der Waals surface area contributed by atoms with E-state index < -0.39 is 11.8 Å². The highest BCUT2D eigenvalue weighted by Gasteiger charge is 2.14. The molecule has 0 unspecified atom stereocenters. The van der Waals surface area contributed by atoms with Gasteiger partial charge in [-0.1, -0.05) is 36.4 Å². The average Bonchev–Trinajstić information content (AvgIpc) is 2.54. The third-order valence-corrected chi connectivity index (χ3v) is 3.01. The first kappa shape index (κ1) is 15.9. The van der Waals surface area contributed by atoms with Gasteiger partial charge in [-0.3, -0.25) is 9.59 Å². The number of amides is 2. The number of carbonyl (C=O) groups is 2. The molecule has 2 aromatic carbocycles. The molecule has 2 amide bonds. The van der Waals surface area contributed by atoms with Crippen LogP contribution in [0.1, 0.15) is 0 Å². The van der Waals surface area contributed by atoms with Gasteiger partial charge in [0, 0.05) is 17.6 Å². The molecule has 116 valence electrons. The Morgan fingerprint density at radius 3 is 2.59 bits per heavy atom. The summed E-state index contributed by atoms with van der Waals surface area (Å²) in [5.41, 5.74) is 0.592. The first-order valence-electron chi connectivity index (χ1n) is 6.98. The average molecular weight is 302 g/mol. The summed E-state index contributed by atoms with van der Waals surface area (Å²) in [5, 5.41) is 15.5. The van der Waals surface area contributed by atoms with E-state index in [2.05, 4.69) is 10.6 Å². The zero-order valence-electron chi connectivity index (χ0n) is 12.0. The Kier molecular flexibility index (Phi) is 5.88. The van der Waals surface area contributed by atoms with Crippen molar-refractivity contribution >= 4 is 28.3 Å². The Hall–Kier alpha value is -2.44. The number of aliphatic hydroxyl groups excluding tert-OH is 1. The number of anilines is 1. The molecule has 0 aliphatic rings. The molecule has 2 aromatic rings. The van der Waals surface area contributed by atoms with E-state index in [9.17, 15) is 9.59 Å². The molecule has 0 aliphatic heterocycles. The van der Waals surface area contributed by atoms with Gasteiger partial charge in [-0.25, -0.2) is 0 Å². The molecule has 0 aromatic heterocycles. The minimum atomic E-state index is -0.724. The fourth-order valence-corrected chi connectivity index (χ4v) is 2.00. The van der Waals surface area contributed by atoms with Gasteiger partial charge in [0.05, 0.1) is 19.8 Å². The molecule has 0 saturated heterocycles. The lowest BCUT2D eigenvalue weighted by atomic mass is 10.1. The van der Waals surface area contributed by atoms with Crippen LogP contribution in [0.15, 0.2) is 42.5 Å². The van der Waals surface area contributed by atoms with Gasteiger partial charge in [-0.2, -0.15) is 0 Å². The highest BCUT2D eigenvalue weighted by molar-refractivity contribution is 6.40. The third-order valence-electron chi connectivity index (χ3n) is 3.01. The molecular weight excluding hydrogens is 284 g/mol. The Labute approximate surface area is 128 Å². The van der Waals surface area contributed by atoms with E-state index in [4.69, 9.17) is 9.84 Å². The highest BCUT2D eigenvalue weighted by atomic mass is 16.5. The first-order valence-corrected chi connectivity index (χ1v) is 6.98. The molecule has 0 aliphatic carbocycles. The van der Waals surface area contributed by atoms with Gasteiger partial charge in [-0.15, -0.1) is 0 Å². The van der Waals surface area contributed by atoms with Gasteiger partial charge in [0.25, 0.3) is 0 Å². The molecule has 3 N–H and O–H groups in total. The van der Waals surface area contributed by atoms with Crippen molar-refractivity contribution in [3.8, 4) is 0 Å². The first-order chi connectivity index (χ1) is 10.7. The summed E-state index contributed by atoms with van der Waals surface area (Å²) in [6, 6.07) is 13.1. The SMILES string of the molecule is O=C(NCCOCCO)C(=O)Nc1cccc2ccccc12. The number of benzene rings is 2. The number of rotatable bonds is 6. The van der Waals surface area contributed by atoms with Crippen molar-refractivity contribution < 1.29 is 19.4 Å². The zero-order chi connectivity index (χ0) is 15.8. The van der Waals surface area contributed by atoms with Crippen LogP contribution in [0, 0.1) is 0 Å². The molecule has 0 spiro atoms. The standard InChI is InChI=1S/C16H18N2O4/c19-9-11-22-10-8-17-15(20)16(21)18-14-7-3-5-12-4-1-2-6-13(12)14/h1-7,19H,8-11H2,(H,17,20)(H,18,21). The predicted molar refractivity (Wildman–Crippen MR) is 83.5 cm³/mol. The van der Waals surface area contributed by atoms with E-state index in [-0.39, 0.29) is 26.4 Å². The van der Waals surface area contributed by atoms with E-state index in [0.29, 0.717) is 5.69 Å². The number of fused-ring (bicyclic) bond motifs is 1. The van der Waals surface area contributed by atoms with E-state index in [1.54, 1.807) is 6.07 Å². The van der Waals surface area contributed by atoms with E-state index in [1.807, 2.05) is 36.4 Å². The van der Waals surface area contributed by atoms with E-state index in [1.165, 1.54) is 0 Å². The lowest BCUT2D eigenvalue weighted by Gasteiger charge is -2.09. The molecule has 0 heterocycles. The van der Waals surface area contributed by atoms with Gasteiger partial charge in [0.1, 0.15) is 0 Å². The van der Waals surface area contributed by atoms with Crippen molar-refractivity contribution in [3.05, 3.63) is 42.5 Å². The molecule has 6 heteroatoms. The van der Waals surface area contributed by atoms with Gasteiger partial charge in [0.15, 0.2) is 0 Å². The van der Waals surface area contributed by atoms with Gasteiger partial charge < -0.3 is 20.5 Å². The van der Waals surface area contributed by atoms with Crippen LogP contribution in [0.4, 0.5) is 5.69 Å². The number of hydrogen-bond acceptors (Lipinski definition) is 4. The molecule has 0 atom stereocenters. The highest BCUT2D eigenvalue weighted by Crippen LogP contribution is 2.22. The Balaban J connectivity index is 1.92. The number of carbonyl (C=O) groups excluding carboxylic acids is 2. The quantitative estimate of drug-likeness (QED) is 0.546. The van der Waals surface area contributed by atoms with Crippen molar-refractivity contribution in [1.29, 1.82) is 0 Å². The predicted octanol–water partition coefficient (Wildman–Crippen LogP) is 0.903. The van der Waals surface area contributed by atoms with E-state index in [0.717, 1.165) is 10.8 Å². The van der Waals surface area contributed by atoms with Gasteiger partial charge in [0.2, 0.25) is 0 Å². The van der Waals surface area contributed by atoms with Crippen molar-refractivity contribution in [1.82, 2.24) is 5.32 Å². The molecule has 0 radical (unpaired) electrons. The number of hydrogen-bond donors (Lipinski definition) is 3. The summed E-state index contributed by atoms with van der Waals surface area (Å²) in [6.07, 6.45) is 0. The fraction of sp³-hybridized carbons (Fsp3) is 0.250. The number of ether oxygens (including phenoxy) is 1. The molecule has 0 fully saturated rings. The number of aliphatic hydroxyl groups is 1. The lowest BCUT2D eigenvalue weighted by molar-refractivity contribution is -0.136. The zero-order valence-corrected chi connectivity index (χ0v) is 12.0. The van der Waals surface area contributed by atoms with Crippen LogP contribution < -0.4 is 10.6 Å². The Morgan fingerprint density at radius 1 is 1.00 bits per heavy atom. The third kappa shape index (κ3) is 4.28. The molecule has 22 heavy (non-hydrogen) atoms. The molecule has 2 rings (SSSR count). The van der Waals surface area contributed by atoms with Crippen molar-refractivity contribution in [2.24, 2.45) is 0 Å². The van der Waals surface area contributed by atoms with Crippen LogP contribution >= 0.6 is 0 Å². The van der Waals surface area contributed by atoms with Gasteiger partial charge in [-0.05, 0) is 11.5 Å². The topological polar surface area (TPSA) is 87.7 Å². The van der Waals surface area contributed by atoms with E-state index >= 15 is 0 Å². The monoisotopic (exact) mass is 302 g/mol. The summed E-state index contributed by atoms with van der Waals surface area (Å²) in [4.78, 5) is 23.6. The lowest BCUT2D eigenvalue weighted by Crippen LogP contribution is -2.37. The number of nitrogens with one attached hydrogen (secondary N) is 2. The van der Waals surface area contributed by atoms with Crippen LogP contribution in [0.25, 0.3) is 10.8 Å². The Morgan fingerprint density at radius 2 is 1.77 bits per heavy atom. The minimum Gasteiger partial charge on any atom is -0.394 e. The van der Waals surface area contributed by atoms with Crippen LogP contribution in [0.3, 0.4) is 0 Å². The normalized spacial score (nSPS) is 10.4. The Bertz CT molecular complexity index is 652. The maximum absolute atomic E-state index is 11.9. The van der Waals surface area contributed by atoms with Crippen LogP contribution in [0.2, 0.25) is 0 Å². The second kappa shape index (κ2) is 8.11. The summed E-state index contributed by atoms with van der Waals surface area (Å²) >= 11 is 0. The van der Waals surface area contributed by atoms with Gasteiger partial charge >= 0.3 is 11.8 Å². The molecular formula is C16H18N2O4. The molecule has 6 nitrogen and oxygen atoms in total. The second-order valence-electron chi connectivity index (χ2n) is 4.57. The molecule has 0 bridgehead atoms. The van der Waals surface area contributed by atoms with Crippen LogP contribution in [-0.4, -0.2) is 43.3 Å². The van der Waals surface area contributed by atoms with Crippen LogP contribution in [0.5, 0.6) is 0 Å². The summed E-state index contributed by atoms with van der Waals surface area (Å²) in [5.74, 6) is -1.45. The van der Waals surface area contributed by atoms with Crippen molar-refractivity contribution in [2.75, 3.05) is 31.7 Å². The van der Waals surface area contributed by atoms with Crippen LogP contribution in [-0.2, 0) is 14.3 Å². The maximum Gasteiger partial charge on any atom is 0.313 e. The summed E-state index contributed by atoms with van der Waals surface area (Å²) < 4.78 is 4.99. The summed E-state index contributed by atoms with van der Waals surface area (Å²) in [6.45, 7) is 0.587. The van der Waals surface area contributed by atoms with Crippen molar-refractivity contribution in [3.63, 3.8) is 0 Å². The van der Waals surface area contributed by atoms with Crippen molar-refractivity contribution in [2.45, 2.75) is 0 Å².